The summed E-state index contributed by atoms with van der Waals surface area (Å²) >= 11 is 0. The molecule has 7 heteroatoms. The van der Waals surface area contributed by atoms with E-state index in [0.717, 1.165) is 6.08 Å². The number of amides is 2. The Labute approximate surface area is 114 Å². The summed E-state index contributed by atoms with van der Waals surface area (Å²) in [5.74, 6) is -2.21. The second-order valence-electron chi connectivity index (χ2n) is 3.72. The fraction of sp³-hybridized carbons (Fsp3) is 0.154. The lowest BCUT2D eigenvalue weighted by Crippen LogP contribution is -2.42. The molecule has 0 unspecified atom stereocenters. The normalized spacial score (nSPS) is 10.1. The van der Waals surface area contributed by atoms with E-state index in [2.05, 4.69) is 4.74 Å². The van der Waals surface area contributed by atoms with E-state index in [1.54, 1.807) is 0 Å². The maximum absolute atomic E-state index is 12.6. The van der Waals surface area contributed by atoms with E-state index in [4.69, 9.17) is 0 Å². The number of nitrogens with one attached hydrogen (secondary N) is 2. The summed E-state index contributed by atoms with van der Waals surface area (Å²) in [6.45, 7) is 0.699. The van der Waals surface area contributed by atoms with Gasteiger partial charge < -0.3 is 4.74 Å². The van der Waals surface area contributed by atoms with E-state index in [9.17, 15) is 18.8 Å². The van der Waals surface area contributed by atoms with Crippen molar-refractivity contribution in [2.45, 2.75) is 6.92 Å². The molecule has 0 saturated heterocycles. The Hall–Kier alpha value is -2.70. The second-order valence-corrected chi connectivity index (χ2v) is 3.72. The highest BCUT2D eigenvalue weighted by Gasteiger charge is 2.04. The molecule has 0 spiro atoms. The van der Waals surface area contributed by atoms with Crippen LogP contribution >= 0.6 is 0 Å². The van der Waals surface area contributed by atoms with Gasteiger partial charge in [-0.15, -0.1) is 0 Å². The monoisotopic (exact) mass is 280 g/mol. The van der Waals surface area contributed by atoms with Crippen LogP contribution in [0, 0.1) is 5.82 Å². The predicted octanol–water partition coefficient (Wildman–Crippen LogP) is 0.549. The third kappa shape index (κ3) is 6.29. The molecule has 1 rings (SSSR count). The number of rotatable bonds is 4. The summed E-state index contributed by atoms with van der Waals surface area (Å²) < 4.78 is 17.3. The van der Waals surface area contributed by atoms with Crippen molar-refractivity contribution >= 4 is 23.9 Å². The summed E-state index contributed by atoms with van der Waals surface area (Å²) in [5, 5.41) is 0. The Morgan fingerprint density at radius 2 is 1.85 bits per heavy atom. The Morgan fingerprint density at radius 3 is 2.45 bits per heavy atom. The van der Waals surface area contributed by atoms with Gasteiger partial charge in [0, 0.05) is 13.0 Å². The van der Waals surface area contributed by atoms with Crippen molar-refractivity contribution in [1.82, 2.24) is 10.9 Å². The van der Waals surface area contributed by atoms with Gasteiger partial charge in [-0.25, -0.2) is 9.18 Å². The van der Waals surface area contributed by atoms with E-state index < -0.39 is 24.4 Å². The molecule has 0 aromatic heterocycles. The van der Waals surface area contributed by atoms with Gasteiger partial charge in [-0.3, -0.25) is 20.4 Å². The van der Waals surface area contributed by atoms with Crippen LogP contribution in [0.15, 0.2) is 30.3 Å². The lowest BCUT2D eigenvalue weighted by Gasteiger charge is -2.04. The van der Waals surface area contributed by atoms with Crippen molar-refractivity contribution in [1.29, 1.82) is 0 Å². The second kappa shape index (κ2) is 7.67. The van der Waals surface area contributed by atoms with Gasteiger partial charge in [-0.1, -0.05) is 12.1 Å². The summed E-state index contributed by atoms with van der Waals surface area (Å²) in [7, 11) is 0. The molecule has 1 aromatic carbocycles. The van der Waals surface area contributed by atoms with E-state index in [-0.39, 0.29) is 5.82 Å². The fourth-order valence-electron chi connectivity index (χ4n) is 1.12. The fourth-order valence-corrected chi connectivity index (χ4v) is 1.12. The molecule has 0 atom stereocenters. The van der Waals surface area contributed by atoms with Gasteiger partial charge >= 0.3 is 5.97 Å². The number of esters is 1. The first-order valence-corrected chi connectivity index (χ1v) is 5.63. The molecule has 0 heterocycles. The standard InChI is InChI=1S/C13H13FN2O4/c1-9(17)15-16-12(18)8-20-13(19)7-4-10-2-5-11(14)6-3-10/h2-7H,8H2,1H3,(H,15,17)(H,16,18)/b7-4+. The Balaban J connectivity index is 2.34. The molecule has 0 saturated carbocycles. The molecule has 0 aliphatic heterocycles. The van der Waals surface area contributed by atoms with Gasteiger partial charge in [0.25, 0.3) is 5.91 Å². The van der Waals surface area contributed by atoms with Crippen LogP contribution in [0.3, 0.4) is 0 Å². The maximum Gasteiger partial charge on any atom is 0.331 e. The van der Waals surface area contributed by atoms with Gasteiger partial charge in [0.2, 0.25) is 5.91 Å². The summed E-state index contributed by atoms with van der Waals surface area (Å²) in [6.07, 6.45) is 2.53. The molecule has 0 fully saturated rings. The average molecular weight is 280 g/mol. The van der Waals surface area contributed by atoms with Crippen LogP contribution in [-0.2, 0) is 19.1 Å². The minimum absolute atomic E-state index is 0.376. The van der Waals surface area contributed by atoms with Crippen molar-refractivity contribution < 1.29 is 23.5 Å². The zero-order chi connectivity index (χ0) is 15.0. The number of hydrogen-bond donors (Lipinski definition) is 2. The van der Waals surface area contributed by atoms with E-state index in [1.807, 2.05) is 10.9 Å². The molecule has 106 valence electrons. The highest BCUT2D eigenvalue weighted by Crippen LogP contribution is 2.04. The first-order chi connectivity index (χ1) is 9.47. The van der Waals surface area contributed by atoms with E-state index in [0.29, 0.717) is 5.56 Å². The maximum atomic E-state index is 12.6. The predicted molar refractivity (Wildman–Crippen MR) is 68.4 cm³/mol. The van der Waals surface area contributed by atoms with Crippen LogP contribution in [0.25, 0.3) is 6.08 Å². The van der Waals surface area contributed by atoms with Gasteiger partial charge in [-0.05, 0) is 23.8 Å². The van der Waals surface area contributed by atoms with Crippen molar-refractivity contribution in [3.8, 4) is 0 Å². The summed E-state index contributed by atoms with van der Waals surface area (Å²) in [4.78, 5) is 32.9. The van der Waals surface area contributed by atoms with Crippen molar-refractivity contribution in [2.24, 2.45) is 0 Å². The first kappa shape index (κ1) is 15.4. The van der Waals surface area contributed by atoms with Crippen LogP contribution in [0.1, 0.15) is 12.5 Å². The topological polar surface area (TPSA) is 84.5 Å². The largest absolute Gasteiger partial charge is 0.452 e. The lowest BCUT2D eigenvalue weighted by atomic mass is 10.2. The van der Waals surface area contributed by atoms with Crippen molar-refractivity contribution in [3.63, 3.8) is 0 Å². The van der Waals surface area contributed by atoms with Gasteiger partial charge in [-0.2, -0.15) is 0 Å². The Kier molecular flexibility index (Phi) is 5.89. The molecule has 0 aliphatic rings. The van der Waals surface area contributed by atoms with Gasteiger partial charge in [0.1, 0.15) is 5.82 Å². The number of hydrogen-bond acceptors (Lipinski definition) is 4. The third-order valence-corrected chi connectivity index (χ3v) is 2.01. The number of carbonyl (C=O) groups is 3. The molecule has 6 nitrogen and oxygen atoms in total. The number of hydrazine groups is 1. The Bertz CT molecular complexity index is 526. The molecule has 2 amide bonds. The summed E-state index contributed by atoms with van der Waals surface area (Å²) in [6, 6.07) is 5.49. The number of ether oxygens (including phenoxy) is 1. The molecular weight excluding hydrogens is 267 g/mol. The third-order valence-electron chi connectivity index (χ3n) is 2.01. The zero-order valence-corrected chi connectivity index (χ0v) is 10.7. The minimum atomic E-state index is -0.729. The van der Waals surface area contributed by atoms with Gasteiger partial charge in [0.15, 0.2) is 6.61 Å². The van der Waals surface area contributed by atoms with Crippen LogP contribution in [0.5, 0.6) is 0 Å². The molecule has 0 bridgehead atoms. The van der Waals surface area contributed by atoms with E-state index in [1.165, 1.54) is 37.3 Å². The first-order valence-electron chi connectivity index (χ1n) is 5.63. The quantitative estimate of drug-likeness (QED) is 0.479. The van der Waals surface area contributed by atoms with Crippen LogP contribution in [0.4, 0.5) is 4.39 Å². The smallest absolute Gasteiger partial charge is 0.331 e. The molecule has 0 radical (unpaired) electrons. The van der Waals surface area contributed by atoms with Crippen LogP contribution in [0.2, 0.25) is 0 Å². The van der Waals surface area contributed by atoms with Crippen molar-refractivity contribution in [2.75, 3.05) is 6.61 Å². The molecule has 2 N–H and O–H groups in total. The van der Waals surface area contributed by atoms with Crippen LogP contribution in [-0.4, -0.2) is 24.4 Å². The number of halogens is 1. The minimum Gasteiger partial charge on any atom is -0.452 e. The highest BCUT2D eigenvalue weighted by molar-refractivity contribution is 5.89. The molecular formula is C13H13FN2O4. The molecule has 1 aromatic rings. The molecule has 20 heavy (non-hydrogen) atoms. The van der Waals surface area contributed by atoms with Crippen molar-refractivity contribution in [3.05, 3.63) is 41.7 Å². The highest BCUT2D eigenvalue weighted by atomic mass is 19.1. The number of benzene rings is 1. The molecule has 0 aliphatic carbocycles. The van der Waals surface area contributed by atoms with E-state index >= 15 is 0 Å². The van der Waals surface area contributed by atoms with Crippen LogP contribution < -0.4 is 10.9 Å². The average Bonchev–Trinajstić information content (AvgIpc) is 2.42. The summed E-state index contributed by atoms with van der Waals surface area (Å²) in [5.41, 5.74) is 4.70. The SMILES string of the molecule is CC(=O)NNC(=O)COC(=O)/C=C/c1ccc(F)cc1. The lowest BCUT2D eigenvalue weighted by molar-refractivity contribution is -0.144. The van der Waals surface area contributed by atoms with Gasteiger partial charge in [0.05, 0.1) is 0 Å². The number of carbonyl (C=O) groups excluding carboxylic acids is 3. The Morgan fingerprint density at radius 1 is 1.20 bits per heavy atom. The zero-order valence-electron chi connectivity index (χ0n) is 10.7.